The lowest BCUT2D eigenvalue weighted by Gasteiger charge is -2.30. The Hall–Kier alpha value is -0.650. The van der Waals surface area contributed by atoms with Crippen LogP contribution < -0.4 is 11.1 Å². The lowest BCUT2D eigenvalue weighted by molar-refractivity contribution is -0.125. The number of nitrogens with two attached hydrogens (primary N) is 1. The minimum atomic E-state index is -0.538. The van der Waals surface area contributed by atoms with Crippen LogP contribution in [0.4, 0.5) is 0 Å². The molecule has 0 aromatic carbocycles. The predicted octanol–water partition coefficient (Wildman–Crippen LogP) is -0.438. The molecule has 1 unspecified atom stereocenters. The maximum atomic E-state index is 11.6. The van der Waals surface area contributed by atoms with Gasteiger partial charge >= 0.3 is 0 Å². The van der Waals surface area contributed by atoms with Gasteiger partial charge in [0.05, 0.1) is 12.1 Å². The monoisotopic (exact) mass is 229 g/mol. The second kappa shape index (κ2) is 6.18. The van der Waals surface area contributed by atoms with Gasteiger partial charge in [-0.3, -0.25) is 4.79 Å². The molecule has 94 valence electrons. The first-order valence-corrected chi connectivity index (χ1v) is 5.83. The first-order valence-electron chi connectivity index (χ1n) is 5.83. The van der Waals surface area contributed by atoms with Crippen LogP contribution in [-0.4, -0.2) is 56.7 Å². The maximum absolute atomic E-state index is 11.6. The van der Waals surface area contributed by atoms with Crippen LogP contribution in [0, 0.1) is 0 Å². The van der Waals surface area contributed by atoms with Gasteiger partial charge in [0.1, 0.15) is 0 Å². The van der Waals surface area contributed by atoms with Crippen LogP contribution in [0.25, 0.3) is 0 Å². The Labute approximate surface area is 97.3 Å². The summed E-state index contributed by atoms with van der Waals surface area (Å²) in [6, 6.07) is 0. The summed E-state index contributed by atoms with van der Waals surface area (Å²) in [7, 11) is 3.73. The third-order valence-corrected chi connectivity index (χ3v) is 3.30. The Morgan fingerprint density at radius 2 is 2.25 bits per heavy atom. The Morgan fingerprint density at radius 1 is 1.50 bits per heavy atom. The van der Waals surface area contributed by atoms with E-state index in [9.17, 15) is 4.79 Å². The zero-order valence-corrected chi connectivity index (χ0v) is 10.3. The van der Waals surface area contributed by atoms with Crippen molar-refractivity contribution in [2.45, 2.75) is 24.8 Å². The fraction of sp³-hybridized carbons (Fsp3) is 0.909. The Morgan fingerprint density at radius 3 is 2.88 bits per heavy atom. The Balaban J connectivity index is 2.60. The molecule has 3 N–H and O–H groups in total. The third-order valence-electron chi connectivity index (χ3n) is 3.30. The lowest BCUT2D eigenvalue weighted by atomic mass is 9.89. The zero-order valence-electron chi connectivity index (χ0n) is 10.3. The molecule has 0 bridgehead atoms. The van der Waals surface area contributed by atoms with Gasteiger partial charge in [-0.2, -0.15) is 0 Å². The van der Waals surface area contributed by atoms with Gasteiger partial charge < -0.3 is 20.7 Å². The van der Waals surface area contributed by atoms with Crippen LogP contribution >= 0.6 is 0 Å². The summed E-state index contributed by atoms with van der Waals surface area (Å²) in [5.74, 6) is -0.237. The number of primary amides is 1. The number of likely N-dealkylation sites (tertiary alicyclic amines) is 1. The first kappa shape index (κ1) is 13.4. The maximum Gasteiger partial charge on any atom is 0.237 e. The van der Waals surface area contributed by atoms with E-state index in [0.717, 1.165) is 32.4 Å². The summed E-state index contributed by atoms with van der Waals surface area (Å²) >= 11 is 0. The molecule has 16 heavy (non-hydrogen) atoms. The van der Waals surface area contributed by atoms with Crippen molar-refractivity contribution in [2.75, 3.05) is 40.4 Å². The minimum absolute atomic E-state index is 0.237. The van der Waals surface area contributed by atoms with Crippen LogP contribution in [0.15, 0.2) is 0 Å². The number of nitrogens with zero attached hydrogens (tertiary/aromatic N) is 1. The highest BCUT2D eigenvalue weighted by molar-refractivity contribution is 5.84. The predicted molar refractivity (Wildman–Crippen MR) is 63.2 cm³/mol. The van der Waals surface area contributed by atoms with Gasteiger partial charge in [0.15, 0.2) is 0 Å². The number of methoxy groups -OCH3 is 1. The second-order valence-electron chi connectivity index (χ2n) is 4.52. The highest BCUT2D eigenvalue weighted by Crippen LogP contribution is 2.21. The van der Waals surface area contributed by atoms with Gasteiger partial charge in [0.25, 0.3) is 0 Å². The van der Waals surface area contributed by atoms with Gasteiger partial charge in [0.2, 0.25) is 5.91 Å². The van der Waals surface area contributed by atoms with Gasteiger partial charge in [0, 0.05) is 20.2 Å². The number of carbonyl (C=O) groups excluding carboxylic acids is 1. The van der Waals surface area contributed by atoms with Gasteiger partial charge in [-0.05, 0) is 32.9 Å². The molecule has 5 heteroatoms. The molecule has 0 aromatic heterocycles. The van der Waals surface area contributed by atoms with E-state index in [1.165, 1.54) is 0 Å². The van der Waals surface area contributed by atoms with Crippen molar-refractivity contribution < 1.29 is 9.53 Å². The fourth-order valence-corrected chi connectivity index (χ4v) is 2.17. The second-order valence-corrected chi connectivity index (χ2v) is 4.52. The molecule has 1 amide bonds. The van der Waals surface area contributed by atoms with Crippen molar-refractivity contribution in [1.29, 1.82) is 0 Å². The van der Waals surface area contributed by atoms with Gasteiger partial charge in [-0.1, -0.05) is 0 Å². The van der Waals surface area contributed by atoms with Crippen LogP contribution in [0.2, 0.25) is 0 Å². The van der Waals surface area contributed by atoms with E-state index in [2.05, 4.69) is 17.3 Å². The minimum Gasteiger partial charge on any atom is -0.383 e. The van der Waals surface area contributed by atoms with Crippen molar-refractivity contribution >= 4 is 5.91 Å². The van der Waals surface area contributed by atoms with Crippen LogP contribution in [-0.2, 0) is 9.53 Å². The number of hydrogen-bond donors (Lipinski definition) is 2. The van der Waals surface area contributed by atoms with E-state index in [0.29, 0.717) is 13.2 Å². The van der Waals surface area contributed by atoms with Crippen molar-refractivity contribution in [3.05, 3.63) is 0 Å². The average Bonchev–Trinajstić information content (AvgIpc) is 2.42. The molecule has 1 rings (SSSR count). The summed E-state index contributed by atoms with van der Waals surface area (Å²) in [4.78, 5) is 13.9. The van der Waals surface area contributed by atoms with E-state index >= 15 is 0 Å². The molecule has 1 fully saturated rings. The molecule has 5 nitrogen and oxygen atoms in total. The van der Waals surface area contributed by atoms with E-state index in [1.807, 2.05) is 0 Å². The van der Waals surface area contributed by atoms with Crippen LogP contribution in [0.3, 0.4) is 0 Å². The number of ether oxygens (including phenoxy) is 1. The Kier molecular flexibility index (Phi) is 5.18. The van der Waals surface area contributed by atoms with Crippen LogP contribution in [0.5, 0.6) is 0 Å². The topological polar surface area (TPSA) is 67.6 Å². The van der Waals surface area contributed by atoms with Gasteiger partial charge in [-0.25, -0.2) is 0 Å². The summed E-state index contributed by atoms with van der Waals surface area (Å²) in [6.45, 7) is 3.21. The molecule has 1 aliphatic rings. The van der Waals surface area contributed by atoms with Crippen LogP contribution in [0.1, 0.15) is 19.3 Å². The molecule has 0 saturated carbocycles. The van der Waals surface area contributed by atoms with Gasteiger partial charge in [-0.15, -0.1) is 0 Å². The number of amides is 1. The average molecular weight is 229 g/mol. The van der Waals surface area contributed by atoms with E-state index in [-0.39, 0.29) is 5.91 Å². The van der Waals surface area contributed by atoms with E-state index < -0.39 is 5.54 Å². The molecule has 1 heterocycles. The molecular weight excluding hydrogens is 206 g/mol. The molecule has 0 spiro atoms. The number of nitrogens with one attached hydrogen (secondary N) is 1. The highest BCUT2D eigenvalue weighted by atomic mass is 16.5. The molecular formula is C11H23N3O2. The Bertz CT molecular complexity index is 235. The van der Waals surface area contributed by atoms with Crippen molar-refractivity contribution in [2.24, 2.45) is 5.73 Å². The quantitative estimate of drug-likeness (QED) is 0.627. The van der Waals surface area contributed by atoms with Crippen molar-refractivity contribution in [3.8, 4) is 0 Å². The molecule has 1 atom stereocenters. The standard InChI is InChI=1S/C11H23N3O2/c1-14-7-3-4-11(5-8-14,10(12)15)13-6-9-16-2/h13H,3-9H2,1-2H3,(H2,12,15). The largest absolute Gasteiger partial charge is 0.383 e. The van der Waals surface area contributed by atoms with Crippen molar-refractivity contribution in [3.63, 3.8) is 0 Å². The molecule has 0 aliphatic carbocycles. The zero-order chi connectivity index (χ0) is 12.0. The first-order chi connectivity index (χ1) is 7.60. The summed E-state index contributed by atoms with van der Waals surface area (Å²) in [5.41, 5.74) is 5.00. The summed E-state index contributed by atoms with van der Waals surface area (Å²) in [6.07, 6.45) is 2.60. The lowest BCUT2D eigenvalue weighted by Crippen LogP contribution is -2.56. The van der Waals surface area contributed by atoms with E-state index in [1.54, 1.807) is 7.11 Å². The molecule has 0 aromatic rings. The molecule has 1 aliphatic heterocycles. The third kappa shape index (κ3) is 3.43. The van der Waals surface area contributed by atoms with E-state index in [4.69, 9.17) is 10.5 Å². The molecule has 0 radical (unpaired) electrons. The molecule has 1 saturated heterocycles. The summed E-state index contributed by atoms with van der Waals surface area (Å²) in [5, 5.41) is 3.27. The van der Waals surface area contributed by atoms with Crippen molar-refractivity contribution in [1.82, 2.24) is 10.2 Å². The number of carbonyl (C=O) groups is 1. The SMILES string of the molecule is COCCNC1(C(N)=O)CCCN(C)CC1. The number of hydrogen-bond acceptors (Lipinski definition) is 4. The summed E-state index contributed by atoms with van der Waals surface area (Å²) < 4.78 is 4.98. The smallest absolute Gasteiger partial charge is 0.237 e. The number of rotatable bonds is 5. The fourth-order valence-electron chi connectivity index (χ4n) is 2.17. The highest BCUT2D eigenvalue weighted by Gasteiger charge is 2.36. The normalized spacial score (nSPS) is 27.6.